The minimum absolute atomic E-state index is 0.160. The van der Waals surface area contributed by atoms with E-state index in [9.17, 15) is 19.1 Å². The molecule has 2 rings (SSSR count). The lowest BCUT2D eigenvalue weighted by molar-refractivity contribution is -0.145. The number of amides is 1. The van der Waals surface area contributed by atoms with Crippen LogP contribution in [0.2, 0.25) is 0 Å². The molecule has 0 bridgehead atoms. The molecule has 1 aromatic rings. The maximum atomic E-state index is 13.0. The number of hydrogen-bond acceptors (Lipinski definition) is 4. The Morgan fingerprint density at radius 1 is 1.30 bits per heavy atom. The summed E-state index contributed by atoms with van der Waals surface area (Å²) in [4.78, 5) is 24.9. The number of carbonyl (C=O) groups excluding carboxylic acids is 1. The standard InChI is InChI=1S/C16H21FN2O4/c1-16(2,3)23-15(22)18-12-8-19(9-12)13(14(20)21)10-4-6-11(17)7-5-10/h4-7,12-13H,8-9H2,1-3H3,(H,18,22)(H,20,21). The normalized spacial score (nSPS) is 17.2. The predicted molar refractivity (Wildman–Crippen MR) is 81.5 cm³/mol. The molecular weight excluding hydrogens is 303 g/mol. The third kappa shape index (κ3) is 4.66. The van der Waals surface area contributed by atoms with Crippen molar-refractivity contribution >= 4 is 12.1 Å². The van der Waals surface area contributed by atoms with Crippen molar-refractivity contribution in [2.75, 3.05) is 13.1 Å². The van der Waals surface area contributed by atoms with Gasteiger partial charge in [-0.15, -0.1) is 0 Å². The van der Waals surface area contributed by atoms with E-state index in [1.807, 2.05) is 0 Å². The highest BCUT2D eigenvalue weighted by Crippen LogP contribution is 2.26. The largest absolute Gasteiger partial charge is 0.480 e. The Morgan fingerprint density at radius 3 is 2.35 bits per heavy atom. The second kappa shape index (κ2) is 6.54. The fourth-order valence-corrected chi connectivity index (χ4v) is 2.44. The van der Waals surface area contributed by atoms with Crippen LogP contribution in [-0.2, 0) is 9.53 Å². The number of carboxylic acids is 1. The van der Waals surface area contributed by atoms with E-state index in [2.05, 4.69) is 5.32 Å². The highest BCUT2D eigenvalue weighted by atomic mass is 19.1. The topological polar surface area (TPSA) is 78.9 Å². The van der Waals surface area contributed by atoms with Crippen LogP contribution in [0.15, 0.2) is 24.3 Å². The van der Waals surface area contributed by atoms with Gasteiger partial charge in [0.05, 0.1) is 6.04 Å². The van der Waals surface area contributed by atoms with E-state index in [4.69, 9.17) is 4.74 Å². The maximum Gasteiger partial charge on any atom is 0.407 e. The summed E-state index contributed by atoms with van der Waals surface area (Å²) in [5.41, 5.74) is -0.0692. The van der Waals surface area contributed by atoms with Crippen LogP contribution in [0.3, 0.4) is 0 Å². The molecule has 1 amide bonds. The van der Waals surface area contributed by atoms with Crippen molar-refractivity contribution in [1.29, 1.82) is 0 Å². The second-order valence-electron chi connectivity index (χ2n) is 6.59. The lowest BCUT2D eigenvalue weighted by Crippen LogP contribution is -2.61. The van der Waals surface area contributed by atoms with Gasteiger partial charge in [0.15, 0.2) is 0 Å². The van der Waals surface area contributed by atoms with Gasteiger partial charge in [-0.3, -0.25) is 9.69 Å². The molecule has 0 radical (unpaired) electrons. The Hall–Kier alpha value is -2.15. The van der Waals surface area contributed by atoms with Crippen molar-refractivity contribution in [3.8, 4) is 0 Å². The average Bonchev–Trinajstić information content (AvgIpc) is 2.35. The van der Waals surface area contributed by atoms with Crippen molar-refractivity contribution in [2.45, 2.75) is 38.5 Å². The molecular formula is C16H21FN2O4. The molecule has 1 aliphatic rings. The molecule has 6 nitrogen and oxygen atoms in total. The number of carboxylic acid groups (broad SMARTS) is 1. The van der Waals surface area contributed by atoms with Gasteiger partial charge in [0.25, 0.3) is 0 Å². The Labute approximate surface area is 134 Å². The predicted octanol–water partition coefficient (Wildman–Crippen LogP) is 2.16. The fourth-order valence-electron chi connectivity index (χ4n) is 2.44. The molecule has 1 aliphatic heterocycles. The monoisotopic (exact) mass is 324 g/mol. The number of halogens is 1. The Kier molecular flexibility index (Phi) is 4.89. The van der Waals surface area contributed by atoms with Gasteiger partial charge in [-0.1, -0.05) is 12.1 Å². The van der Waals surface area contributed by atoms with Gasteiger partial charge in [0, 0.05) is 13.1 Å². The van der Waals surface area contributed by atoms with E-state index in [-0.39, 0.29) is 6.04 Å². The van der Waals surface area contributed by atoms with Crippen LogP contribution in [0.5, 0.6) is 0 Å². The lowest BCUT2D eigenvalue weighted by Gasteiger charge is -2.42. The Morgan fingerprint density at radius 2 is 1.87 bits per heavy atom. The number of likely N-dealkylation sites (tertiary alicyclic amines) is 1. The highest BCUT2D eigenvalue weighted by molar-refractivity contribution is 5.76. The molecule has 1 aromatic carbocycles. The first kappa shape index (κ1) is 17.2. The summed E-state index contributed by atoms with van der Waals surface area (Å²) in [6.07, 6.45) is -0.518. The van der Waals surface area contributed by atoms with E-state index in [0.717, 1.165) is 0 Å². The van der Waals surface area contributed by atoms with Crippen LogP contribution in [0.4, 0.5) is 9.18 Å². The molecule has 0 aromatic heterocycles. The molecule has 0 spiro atoms. The molecule has 0 saturated carbocycles. The van der Waals surface area contributed by atoms with Crippen molar-refractivity contribution in [2.24, 2.45) is 0 Å². The fraction of sp³-hybridized carbons (Fsp3) is 0.500. The van der Waals surface area contributed by atoms with E-state index in [1.54, 1.807) is 25.7 Å². The molecule has 126 valence electrons. The number of ether oxygens (including phenoxy) is 1. The van der Waals surface area contributed by atoms with E-state index < -0.39 is 29.5 Å². The Balaban J connectivity index is 1.92. The number of alkyl carbamates (subject to hydrolysis) is 1. The van der Waals surface area contributed by atoms with Gasteiger partial charge >= 0.3 is 12.1 Å². The Bertz CT molecular complexity index is 577. The molecule has 1 fully saturated rings. The highest BCUT2D eigenvalue weighted by Gasteiger charge is 2.38. The van der Waals surface area contributed by atoms with Crippen LogP contribution < -0.4 is 5.32 Å². The number of carbonyl (C=O) groups is 2. The molecule has 0 aliphatic carbocycles. The zero-order valence-corrected chi connectivity index (χ0v) is 13.4. The van der Waals surface area contributed by atoms with E-state index >= 15 is 0 Å². The van der Waals surface area contributed by atoms with Gasteiger partial charge in [-0.2, -0.15) is 0 Å². The van der Waals surface area contributed by atoms with Crippen LogP contribution >= 0.6 is 0 Å². The van der Waals surface area contributed by atoms with Crippen LogP contribution in [-0.4, -0.2) is 46.8 Å². The van der Waals surface area contributed by atoms with Crippen LogP contribution in [0.1, 0.15) is 32.4 Å². The number of nitrogens with one attached hydrogen (secondary N) is 1. The first-order valence-electron chi connectivity index (χ1n) is 7.37. The molecule has 1 atom stereocenters. The first-order valence-corrected chi connectivity index (χ1v) is 7.37. The third-order valence-corrected chi connectivity index (χ3v) is 3.42. The summed E-state index contributed by atoms with van der Waals surface area (Å²) < 4.78 is 18.1. The minimum atomic E-state index is -1.01. The number of aliphatic carboxylic acids is 1. The zero-order chi connectivity index (χ0) is 17.2. The van der Waals surface area contributed by atoms with Crippen molar-refractivity contribution in [3.63, 3.8) is 0 Å². The third-order valence-electron chi connectivity index (χ3n) is 3.42. The molecule has 1 heterocycles. The molecule has 2 N–H and O–H groups in total. The number of hydrogen-bond donors (Lipinski definition) is 2. The maximum absolute atomic E-state index is 13.0. The summed E-state index contributed by atoms with van der Waals surface area (Å²) in [6, 6.07) is 4.38. The average molecular weight is 324 g/mol. The number of benzene rings is 1. The molecule has 1 saturated heterocycles. The van der Waals surface area contributed by atoms with Crippen molar-refractivity contribution < 1.29 is 23.8 Å². The quantitative estimate of drug-likeness (QED) is 0.887. The van der Waals surface area contributed by atoms with Gasteiger partial charge in [-0.25, -0.2) is 9.18 Å². The van der Waals surface area contributed by atoms with Crippen molar-refractivity contribution in [3.05, 3.63) is 35.6 Å². The van der Waals surface area contributed by atoms with Gasteiger partial charge in [0.1, 0.15) is 17.5 Å². The zero-order valence-electron chi connectivity index (χ0n) is 13.4. The molecule has 23 heavy (non-hydrogen) atoms. The minimum Gasteiger partial charge on any atom is -0.480 e. The first-order chi connectivity index (χ1) is 10.7. The van der Waals surface area contributed by atoms with E-state index in [1.165, 1.54) is 24.3 Å². The lowest BCUT2D eigenvalue weighted by atomic mass is 9.99. The van der Waals surface area contributed by atoms with Gasteiger partial charge in [0.2, 0.25) is 0 Å². The van der Waals surface area contributed by atoms with Crippen LogP contribution in [0.25, 0.3) is 0 Å². The molecule has 1 unspecified atom stereocenters. The number of rotatable bonds is 4. The van der Waals surface area contributed by atoms with Gasteiger partial charge < -0.3 is 15.2 Å². The SMILES string of the molecule is CC(C)(C)OC(=O)NC1CN(C(C(=O)O)c2ccc(F)cc2)C1. The smallest absolute Gasteiger partial charge is 0.407 e. The summed E-state index contributed by atoms with van der Waals surface area (Å²) in [5.74, 6) is -1.42. The summed E-state index contributed by atoms with van der Waals surface area (Å²) in [7, 11) is 0. The summed E-state index contributed by atoms with van der Waals surface area (Å²) in [5, 5.41) is 12.1. The van der Waals surface area contributed by atoms with E-state index in [0.29, 0.717) is 18.7 Å². The second-order valence-corrected chi connectivity index (χ2v) is 6.59. The van der Waals surface area contributed by atoms with Gasteiger partial charge in [-0.05, 0) is 38.5 Å². The molecule has 7 heteroatoms. The number of nitrogens with zero attached hydrogens (tertiary/aromatic N) is 1. The van der Waals surface area contributed by atoms with Crippen molar-refractivity contribution in [1.82, 2.24) is 10.2 Å². The summed E-state index contributed by atoms with van der Waals surface area (Å²) >= 11 is 0. The van der Waals surface area contributed by atoms with Crippen LogP contribution in [0, 0.1) is 5.82 Å². The summed E-state index contributed by atoms with van der Waals surface area (Å²) in [6.45, 7) is 6.11.